The summed E-state index contributed by atoms with van der Waals surface area (Å²) in [5.41, 5.74) is 0.669. The van der Waals surface area contributed by atoms with Gasteiger partial charge in [0.2, 0.25) is 0 Å². The lowest BCUT2D eigenvalue weighted by molar-refractivity contribution is 0.0198. The van der Waals surface area contributed by atoms with E-state index in [1.807, 2.05) is 18.2 Å². The number of halogens is 1. The topological polar surface area (TPSA) is 44.4 Å². The van der Waals surface area contributed by atoms with Gasteiger partial charge in [-0.3, -0.25) is 4.90 Å². The van der Waals surface area contributed by atoms with Crippen molar-refractivity contribution < 1.29 is 4.79 Å². The number of rotatable bonds is 3. The average molecular weight is 334 g/mol. The van der Waals surface area contributed by atoms with Gasteiger partial charge >= 0.3 is 6.03 Å². The highest BCUT2D eigenvalue weighted by molar-refractivity contribution is 6.33. The number of anilines is 1. The molecule has 2 heterocycles. The fourth-order valence-corrected chi connectivity index (χ4v) is 4.59. The number of urea groups is 1. The van der Waals surface area contributed by atoms with Gasteiger partial charge in [0.25, 0.3) is 0 Å². The molecule has 2 aliphatic heterocycles. The van der Waals surface area contributed by atoms with Crippen LogP contribution in [0.4, 0.5) is 10.5 Å². The third-order valence-electron chi connectivity index (χ3n) is 5.46. The predicted octanol–water partition coefficient (Wildman–Crippen LogP) is 4.01. The first-order valence-electron chi connectivity index (χ1n) is 8.80. The molecule has 3 aliphatic rings. The Bertz CT molecular complexity index is 575. The van der Waals surface area contributed by atoms with Crippen LogP contribution in [0, 0.1) is 0 Å². The summed E-state index contributed by atoms with van der Waals surface area (Å²) in [7, 11) is 0. The Morgan fingerprint density at radius 2 is 1.74 bits per heavy atom. The number of nitrogens with zero attached hydrogens (tertiary/aromatic N) is 1. The van der Waals surface area contributed by atoms with Crippen LogP contribution in [0.15, 0.2) is 24.3 Å². The first-order chi connectivity index (χ1) is 11.2. The molecule has 0 radical (unpaired) electrons. The van der Waals surface area contributed by atoms with Crippen molar-refractivity contribution in [1.82, 2.24) is 10.2 Å². The number of hydrogen-bond acceptors (Lipinski definition) is 2. The third-order valence-corrected chi connectivity index (χ3v) is 5.79. The molecule has 124 valence electrons. The molecule has 2 atom stereocenters. The van der Waals surface area contributed by atoms with E-state index in [0.717, 1.165) is 18.9 Å². The number of carbonyl (C=O) groups is 1. The van der Waals surface area contributed by atoms with E-state index < -0.39 is 0 Å². The standard InChI is InChI=1S/C18H24ClN3O/c19-16-6-1-2-7-17(16)21-18(23)20-12-10-14-4-3-5-15(11-12)22(14)13-8-9-13/h1-2,6-7,12-15H,3-5,8-11H2,(H2,20,21,23). The molecule has 2 amide bonds. The minimum atomic E-state index is -0.138. The maximum atomic E-state index is 12.3. The number of fused-ring (bicyclic) bond motifs is 2. The van der Waals surface area contributed by atoms with Crippen molar-refractivity contribution in [3.8, 4) is 0 Å². The highest BCUT2D eigenvalue weighted by Gasteiger charge is 2.45. The molecule has 23 heavy (non-hydrogen) atoms. The molecule has 5 heteroatoms. The van der Waals surface area contributed by atoms with E-state index >= 15 is 0 Å². The zero-order valence-electron chi connectivity index (χ0n) is 13.3. The van der Waals surface area contributed by atoms with Gasteiger partial charge in [-0.1, -0.05) is 30.2 Å². The number of amides is 2. The molecule has 2 bridgehead atoms. The molecule has 0 aromatic heterocycles. The maximum Gasteiger partial charge on any atom is 0.319 e. The number of nitrogens with one attached hydrogen (secondary N) is 2. The summed E-state index contributed by atoms with van der Waals surface area (Å²) >= 11 is 6.10. The Labute approximate surface area is 142 Å². The van der Waals surface area contributed by atoms with Gasteiger partial charge in [-0.2, -0.15) is 0 Å². The van der Waals surface area contributed by atoms with Crippen LogP contribution in [0.25, 0.3) is 0 Å². The molecule has 2 unspecified atom stereocenters. The highest BCUT2D eigenvalue weighted by Crippen LogP contribution is 2.41. The number of hydrogen-bond donors (Lipinski definition) is 2. The predicted molar refractivity (Wildman–Crippen MR) is 92.9 cm³/mol. The Kier molecular flexibility index (Phi) is 4.20. The first kappa shape index (κ1) is 15.3. The van der Waals surface area contributed by atoms with Crippen LogP contribution < -0.4 is 10.6 Å². The minimum Gasteiger partial charge on any atom is -0.335 e. The molecular formula is C18H24ClN3O. The molecule has 2 saturated heterocycles. The fourth-order valence-electron chi connectivity index (χ4n) is 4.41. The van der Waals surface area contributed by atoms with Gasteiger partial charge in [-0.15, -0.1) is 0 Å². The molecule has 1 aromatic rings. The zero-order valence-corrected chi connectivity index (χ0v) is 14.1. The van der Waals surface area contributed by atoms with Crippen molar-refractivity contribution in [3.05, 3.63) is 29.3 Å². The number of carbonyl (C=O) groups excluding carboxylic acids is 1. The van der Waals surface area contributed by atoms with Crippen molar-refractivity contribution in [2.75, 3.05) is 5.32 Å². The first-order valence-corrected chi connectivity index (χ1v) is 9.18. The Balaban J connectivity index is 1.36. The van der Waals surface area contributed by atoms with Gasteiger partial charge in [0.05, 0.1) is 10.7 Å². The van der Waals surface area contributed by atoms with Gasteiger partial charge in [-0.25, -0.2) is 4.79 Å². The van der Waals surface area contributed by atoms with E-state index in [9.17, 15) is 4.79 Å². The molecular weight excluding hydrogens is 310 g/mol. The van der Waals surface area contributed by atoms with Crippen molar-refractivity contribution in [2.24, 2.45) is 0 Å². The highest BCUT2D eigenvalue weighted by atomic mass is 35.5. The zero-order chi connectivity index (χ0) is 15.8. The van der Waals surface area contributed by atoms with E-state index in [4.69, 9.17) is 11.6 Å². The Hall–Kier alpha value is -1.26. The van der Waals surface area contributed by atoms with Crippen LogP contribution in [-0.2, 0) is 0 Å². The Morgan fingerprint density at radius 1 is 1.04 bits per heavy atom. The van der Waals surface area contributed by atoms with Crippen LogP contribution in [0.5, 0.6) is 0 Å². The summed E-state index contributed by atoms with van der Waals surface area (Å²) in [5, 5.41) is 6.61. The molecule has 1 aromatic carbocycles. The smallest absolute Gasteiger partial charge is 0.319 e. The largest absolute Gasteiger partial charge is 0.335 e. The van der Waals surface area contributed by atoms with Gasteiger partial charge in [0.1, 0.15) is 0 Å². The van der Waals surface area contributed by atoms with Crippen LogP contribution in [0.2, 0.25) is 5.02 Å². The van der Waals surface area contributed by atoms with Crippen molar-refractivity contribution >= 4 is 23.3 Å². The fraction of sp³-hybridized carbons (Fsp3) is 0.611. The van der Waals surface area contributed by atoms with E-state index in [2.05, 4.69) is 15.5 Å². The minimum absolute atomic E-state index is 0.138. The van der Waals surface area contributed by atoms with Gasteiger partial charge < -0.3 is 10.6 Å². The second kappa shape index (κ2) is 6.33. The molecule has 3 fully saturated rings. The third kappa shape index (κ3) is 3.33. The average Bonchev–Trinajstić information content (AvgIpc) is 3.33. The summed E-state index contributed by atoms with van der Waals surface area (Å²) in [6.45, 7) is 0. The van der Waals surface area contributed by atoms with Crippen molar-refractivity contribution in [1.29, 1.82) is 0 Å². The molecule has 0 spiro atoms. The second-order valence-corrected chi connectivity index (χ2v) is 7.57. The lowest BCUT2D eigenvalue weighted by atomic mass is 9.81. The Morgan fingerprint density at radius 3 is 2.39 bits per heavy atom. The van der Waals surface area contributed by atoms with Crippen LogP contribution in [-0.4, -0.2) is 35.1 Å². The quantitative estimate of drug-likeness (QED) is 0.877. The summed E-state index contributed by atoms with van der Waals surface area (Å²) in [4.78, 5) is 15.1. The number of benzene rings is 1. The second-order valence-electron chi connectivity index (χ2n) is 7.16. The SMILES string of the molecule is O=C(Nc1ccccc1Cl)NC1CC2CCCC(C1)N2C1CC1. The summed E-state index contributed by atoms with van der Waals surface area (Å²) in [6, 6.07) is 9.66. The van der Waals surface area contributed by atoms with Crippen LogP contribution in [0.1, 0.15) is 44.9 Å². The molecule has 1 saturated carbocycles. The van der Waals surface area contributed by atoms with E-state index in [-0.39, 0.29) is 12.1 Å². The normalized spacial score (nSPS) is 30.7. The number of piperidine rings is 2. The molecule has 4 nitrogen and oxygen atoms in total. The lowest BCUT2D eigenvalue weighted by Gasteiger charge is -2.49. The van der Waals surface area contributed by atoms with E-state index in [1.54, 1.807) is 6.07 Å². The van der Waals surface area contributed by atoms with E-state index in [0.29, 0.717) is 22.8 Å². The van der Waals surface area contributed by atoms with Gasteiger partial charge in [0.15, 0.2) is 0 Å². The summed E-state index contributed by atoms with van der Waals surface area (Å²) in [5.74, 6) is 0. The molecule has 4 rings (SSSR count). The van der Waals surface area contributed by atoms with Gasteiger partial charge in [-0.05, 0) is 50.7 Å². The molecule has 1 aliphatic carbocycles. The van der Waals surface area contributed by atoms with E-state index in [1.165, 1.54) is 32.1 Å². The summed E-state index contributed by atoms with van der Waals surface area (Å²) in [6.07, 6.45) is 8.84. The van der Waals surface area contributed by atoms with Crippen molar-refractivity contribution in [2.45, 2.75) is 69.1 Å². The van der Waals surface area contributed by atoms with Crippen LogP contribution in [0.3, 0.4) is 0 Å². The maximum absolute atomic E-state index is 12.3. The summed E-state index contributed by atoms with van der Waals surface area (Å²) < 4.78 is 0. The lowest BCUT2D eigenvalue weighted by Crippen LogP contribution is -2.58. The molecule has 2 N–H and O–H groups in total. The van der Waals surface area contributed by atoms with Crippen molar-refractivity contribution in [3.63, 3.8) is 0 Å². The monoisotopic (exact) mass is 333 g/mol. The number of para-hydroxylation sites is 1. The van der Waals surface area contributed by atoms with Crippen LogP contribution >= 0.6 is 11.6 Å². The van der Waals surface area contributed by atoms with Gasteiger partial charge in [0, 0.05) is 24.2 Å².